The van der Waals surface area contributed by atoms with Crippen molar-refractivity contribution in [1.29, 1.82) is 0 Å². The molecule has 0 radical (unpaired) electrons. The molecule has 3 rings (SSSR count). The van der Waals surface area contributed by atoms with E-state index in [1.807, 2.05) is 35.7 Å². The number of thioether (sulfide) groups is 2. The van der Waals surface area contributed by atoms with Gasteiger partial charge in [0.1, 0.15) is 12.6 Å². The quantitative estimate of drug-likeness (QED) is 0.0901. The molecule has 1 atom stereocenters. The fourth-order valence-electron chi connectivity index (χ4n) is 4.82. The molecule has 3 nitrogen and oxygen atoms in total. The molecule has 5 heteroatoms. The van der Waals surface area contributed by atoms with Crippen LogP contribution >= 0.6 is 23.5 Å². The maximum atomic E-state index is 13.6. The van der Waals surface area contributed by atoms with Gasteiger partial charge < -0.3 is 9.47 Å². The van der Waals surface area contributed by atoms with Crippen LogP contribution in [0.2, 0.25) is 0 Å². The van der Waals surface area contributed by atoms with Crippen molar-refractivity contribution >= 4 is 29.3 Å². The van der Waals surface area contributed by atoms with E-state index in [0.29, 0.717) is 19.2 Å². The predicted octanol–water partition coefficient (Wildman–Crippen LogP) is 8.22. The maximum absolute atomic E-state index is 13.6. The lowest BCUT2D eigenvalue weighted by molar-refractivity contribution is -0.130. The highest BCUT2D eigenvalue weighted by Gasteiger charge is 2.45. The summed E-state index contributed by atoms with van der Waals surface area (Å²) in [6.45, 7) is 0.886. The first kappa shape index (κ1) is 28.8. The van der Waals surface area contributed by atoms with E-state index in [9.17, 15) is 4.79 Å². The van der Waals surface area contributed by atoms with E-state index >= 15 is 0 Å². The molecule has 0 unspecified atom stereocenters. The molecule has 1 aliphatic rings. The summed E-state index contributed by atoms with van der Waals surface area (Å²) in [4.78, 5) is 16.1. The molecular weight excluding hydrogens is 484 g/mol. The zero-order chi connectivity index (χ0) is 25.3. The first-order valence-electron chi connectivity index (χ1n) is 13.0. The van der Waals surface area contributed by atoms with Gasteiger partial charge in [-0.25, -0.2) is 0 Å². The van der Waals surface area contributed by atoms with Crippen LogP contribution in [-0.4, -0.2) is 37.8 Å². The number of allylic oxidation sites excluding steroid dienone is 2. The number of Topliss-reactive ketones (excluding diaryl/α,β-unsaturated/α-hetero) is 1. The van der Waals surface area contributed by atoms with Gasteiger partial charge in [0, 0.05) is 39.7 Å². The van der Waals surface area contributed by atoms with Crippen LogP contribution < -0.4 is 0 Å². The van der Waals surface area contributed by atoms with Gasteiger partial charge in [-0.05, 0) is 69.2 Å². The Labute approximate surface area is 226 Å². The Bertz CT molecular complexity index is 870. The summed E-state index contributed by atoms with van der Waals surface area (Å²) in [5.74, 6) is 2.51. The minimum absolute atomic E-state index is 0.122. The van der Waals surface area contributed by atoms with Gasteiger partial charge in [-0.3, -0.25) is 4.79 Å². The first-order chi connectivity index (χ1) is 17.7. The van der Waals surface area contributed by atoms with E-state index in [-0.39, 0.29) is 11.3 Å². The third kappa shape index (κ3) is 9.93. The molecule has 0 amide bonds. The zero-order valence-electron chi connectivity index (χ0n) is 21.5. The topological polar surface area (TPSA) is 35.5 Å². The highest BCUT2D eigenvalue weighted by Crippen LogP contribution is 2.46. The van der Waals surface area contributed by atoms with Crippen molar-refractivity contribution in [1.82, 2.24) is 0 Å². The summed E-state index contributed by atoms with van der Waals surface area (Å²) < 4.78 is 10.5. The van der Waals surface area contributed by atoms with Gasteiger partial charge in [0.05, 0.1) is 6.61 Å². The van der Waals surface area contributed by atoms with Gasteiger partial charge in [-0.2, -0.15) is 0 Å². The van der Waals surface area contributed by atoms with Crippen molar-refractivity contribution in [3.63, 3.8) is 0 Å². The fraction of sp³-hybridized carbons (Fsp3) is 0.452. The van der Waals surface area contributed by atoms with E-state index < -0.39 is 0 Å². The standard InChI is InChI=1S/C31H40O3S2/c1-33-26-34-23-19-27-18-22-31(30(27)32,20-10-4-12-24-35-28-14-6-2-7-15-28)21-11-5-13-25-36-29-16-8-3-9-17-29/h2-9,12-17,27H,10-11,18-26H2,1H3/b12-4+,13-5+/t27-/m1/s1. The molecule has 0 aliphatic heterocycles. The number of benzene rings is 2. The molecule has 1 aliphatic carbocycles. The smallest absolute Gasteiger partial charge is 0.146 e. The number of hydrogen-bond donors (Lipinski definition) is 0. The summed E-state index contributed by atoms with van der Waals surface area (Å²) in [6, 6.07) is 21.0. The van der Waals surface area contributed by atoms with E-state index in [0.717, 1.165) is 56.5 Å². The maximum Gasteiger partial charge on any atom is 0.146 e. The normalized spacial score (nSPS) is 17.5. The summed E-state index contributed by atoms with van der Waals surface area (Å²) in [7, 11) is 1.63. The van der Waals surface area contributed by atoms with Crippen molar-refractivity contribution in [3.8, 4) is 0 Å². The second-order valence-corrected chi connectivity index (χ2v) is 11.4. The molecular formula is C31H40O3S2. The molecule has 0 N–H and O–H groups in total. The van der Waals surface area contributed by atoms with Crippen molar-refractivity contribution in [3.05, 3.63) is 85.0 Å². The number of carbonyl (C=O) groups is 1. The molecule has 194 valence electrons. The van der Waals surface area contributed by atoms with Crippen molar-refractivity contribution < 1.29 is 14.3 Å². The average Bonchev–Trinajstić information content (AvgIpc) is 3.22. The first-order valence-corrected chi connectivity index (χ1v) is 15.0. The van der Waals surface area contributed by atoms with Crippen LogP contribution in [0.15, 0.2) is 94.8 Å². The molecule has 1 fully saturated rings. The highest BCUT2D eigenvalue weighted by atomic mass is 32.2. The molecule has 0 bridgehead atoms. The Morgan fingerprint density at radius 3 is 1.94 bits per heavy atom. The van der Waals surface area contributed by atoms with E-state index in [1.165, 1.54) is 9.79 Å². The summed E-state index contributed by atoms with van der Waals surface area (Å²) in [5, 5.41) is 0. The predicted molar refractivity (Wildman–Crippen MR) is 154 cm³/mol. The van der Waals surface area contributed by atoms with Crippen LogP contribution in [0.3, 0.4) is 0 Å². The Morgan fingerprint density at radius 1 is 0.861 bits per heavy atom. The molecule has 0 spiro atoms. The largest absolute Gasteiger partial charge is 0.359 e. The fourth-order valence-corrected chi connectivity index (χ4v) is 6.36. The number of hydrogen-bond acceptors (Lipinski definition) is 5. The Morgan fingerprint density at radius 2 is 1.42 bits per heavy atom. The lowest BCUT2D eigenvalue weighted by Gasteiger charge is -2.27. The van der Waals surface area contributed by atoms with E-state index in [2.05, 4.69) is 72.8 Å². The lowest BCUT2D eigenvalue weighted by atomic mass is 9.75. The van der Waals surface area contributed by atoms with E-state index in [4.69, 9.17) is 9.47 Å². The SMILES string of the molecule is COCOCC[C@H]1CCC(CC/C=C/CSc2ccccc2)(CC/C=C/CSc2ccccc2)C1=O. The van der Waals surface area contributed by atoms with Gasteiger partial charge in [0.15, 0.2) is 0 Å². The van der Waals surface area contributed by atoms with Gasteiger partial charge >= 0.3 is 0 Å². The van der Waals surface area contributed by atoms with Gasteiger partial charge in [0.25, 0.3) is 0 Å². The van der Waals surface area contributed by atoms with Gasteiger partial charge in [0.2, 0.25) is 0 Å². The van der Waals surface area contributed by atoms with Crippen LogP contribution in [0.25, 0.3) is 0 Å². The van der Waals surface area contributed by atoms with E-state index in [1.54, 1.807) is 7.11 Å². The number of carbonyl (C=O) groups excluding carboxylic acids is 1. The minimum Gasteiger partial charge on any atom is -0.359 e. The molecule has 1 saturated carbocycles. The molecule has 0 saturated heterocycles. The molecule has 36 heavy (non-hydrogen) atoms. The highest BCUT2D eigenvalue weighted by molar-refractivity contribution is 7.99. The van der Waals surface area contributed by atoms with Crippen molar-refractivity contribution in [2.45, 2.75) is 54.7 Å². The molecule has 0 heterocycles. The van der Waals surface area contributed by atoms with Crippen molar-refractivity contribution in [2.75, 3.05) is 32.0 Å². The van der Waals surface area contributed by atoms with Gasteiger partial charge in [-0.15, -0.1) is 23.5 Å². The second kappa shape index (κ2) is 16.9. The average molecular weight is 525 g/mol. The number of ether oxygens (including phenoxy) is 2. The number of rotatable bonds is 17. The summed E-state index contributed by atoms with van der Waals surface area (Å²) in [5.41, 5.74) is -0.195. The van der Waals surface area contributed by atoms with Crippen molar-refractivity contribution in [2.24, 2.45) is 11.3 Å². The van der Waals surface area contributed by atoms with Crippen LogP contribution in [0.4, 0.5) is 0 Å². The monoisotopic (exact) mass is 524 g/mol. The van der Waals surface area contributed by atoms with Crippen LogP contribution in [0.5, 0.6) is 0 Å². The number of methoxy groups -OCH3 is 1. The van der Waals surface area contributed by atoms with Crippen LogP contribution in [0, 0.1) is 11.3 Å². The Hall–Kier alpha value is -1.79. The lowest BCUT2D eigenvalue weighted by Crippen LogP contribution is -2.29. The Kier molecular flexibility index (Phi) is 13.5. The summed E-state index contributed by atoms with van der Waals surface area (Å²) in [6.07, 6.45) is 15.6. The Balaban J connectivity index is 1.48. The third-order valence-electron chi connectivity index (χ3n) is 6.77. The molecule has 2 aromatic carbocycles. The van der Waals surface area contributed by atoms with Crippen LogP contribution in [-0.2, 0) is 14.3 Å². The third-order valence-corrected chi connectivity index (χ3v) is 8.70. The van der Waals surface area contributed by atoms with Gasteiger partial charge in [-0.1, -0.05) is 60.7 Å². The molecule has 2 aromatic rings. The number of ketones is 1. The molecule has 0 aromatic heterocycles. The summed E-state index contributed by atoms with van der Waals surface area (Å²) >= 11 is 3.69. The second-order valence-electron chi connectivity index (χ2n) is 9.25. The minimum atomic E-state index is -0.195. The van der Waals surface area contributed by atoms with Crippen LogP contribution in [0.1, 0.15) is 44.9 Å². The zero-order valence-corrected chi connectivity index (χ0v) is 23.1.